The highest BCUT2D eigenvalue weighted by Gasteiger charge is 2.30. The number of nitrogens with zero attached hydrogens (tertiary/aromatic N) is 1. The Bertz CT molecular complexity index is 1400. The van der Waals surface area contributed by atoms with E-state index in [-0.39, 0.29) is 25.3 Å². The molecule has 1 N–H and O–H groups in total. The van der Waals surface area contributed by atoms with Gasteiger partial charge in [-0.3, -0.25) is 4.79 Å². The minimum absolute atomic E-state index is 0.227. The van der Waals surface area contributed by atoms with Crippen molar-refractivity contribution in [3.8, 4) is 17.2 Å². The summed E-state index contributed by atoms with van der Waals surface area (Å²) in [7, 11) is 0. The minimum Gasteiger partial charge on any atom is -0.460 e. The van der Waals surface area contributed by atoms with Crippen LogP contribution in [0.3, 0.4) is 0 Å². The molecule has 0 radical (unpaired) electrons. The van der Waals surface area contributed by atoms with Crippen LogP contribution in [0.15, 0.2) is 71.1 Å². The number of carbonyl (C=O) groups excluding carboxylic acids is 1. The first kappa shape index (κ1) is 23.1. The molecule has 0 spiro atoms. The van der Waals surface area contributed by atoms with Gasteiger partial charge in [0.2, 0.25) is 0 Å². The molecule has 34 heavy (non-hydrogen) atoms. The van der Waals surface area contributed by atoms with Crippen LogP contribution >= 0.6 is 0 Å². The number of aryl methyl sites for hydroxylation is 1. The number of nitrogens with one attached hydrogen (secondary N) is 1. The summed E-state index contributed by atoms with van der Waals surface area (Å²) >= 11 is 0. The number of hydrogen-bond acceptors (Lipinski definition) is 3. The highest BCUT2D eigenvalue weighted by Crippen LogP contribution is 2.36. The third kappa shape index (κ3) is 4.81. The molecule has 1 heterocycles. The van der Waals surface area contributed by atoms with E-state index >= 15 is 0 Å². The summed E-state index contributed by atoms with van der Waals surface area (Å²) in [5.41, 5.74) is 3.31. The Labute approximate surface area is 194 Å². The van der Waals surface area contributed by atoms with Crippen LogP contribution in [0.2, 0.25) is 0 Å². The fourth-order valence-corrected chi connectivity index (χ4v) is 3.89. The number of amides is 1. The van der Waals surface area contributed by atoms with Gasteiger partial charge in [0.05, 0.1) is 18.1 Å². The van der Waals surface area contributed by atoms with Crippen molar-refractivity contribution in [3.63, 3.8) is 0 Å². The van der Waals surface area contributed by atoms with Gasteiger partial charge in [0.15, 0.2) is 0 Å². The number of alkyl halides is 3. The van der Waals surface area contributed by atoms with Gasteiger partial charge >= 0.3 is 6.18 Å². The molecule has 0 saturated carbocycles. The van der Waals surface area contributed by atoms with Gasteiger partial charge in [-0.25, -0.2) is 0 Å². The zero-order valence-corrected chi connectivity index (χ0v) is 18.4. The van der Waals surface area contributed by atoms with E-state index in [0.29, 0.717) is 22.5 Å². The summed E-state index contributed by atoms with van der Waals surface area (Å²) < 4.78 is 45.5. The van der Waals surface area contributed by atoms with Gasteiger partial charge in [-0.2, -0.15) is 18.4 Å². The fraction of sp³-hybridized carbons (Fsp3) is 0.185. The summed E-state index contributed by atoms with van der Waals surface area (Å²) in [6.07, 6.45) is -3.95. The number of carbonyl (C=O) groups is 1. The van der Waals surface area contributed by atoms with Crippen LogP contribution in [0.25, 0.3) is 22.1 Å². The van der Waals surface area contributed by atoms with E-state index in [0.717, 1.165) is 34.2 Å². The number of hydrogen-bond donors (Lipinski definition) is 1. The molecule has 1 aromatic heterocycles. The lowest BCUT2D eigenvalue weighted by Gasteiger charge is -2.08. The summed E-state index contributed by atoms with van der Waals surface area (Å²) in [6, 6.07) is 20.0. The van der Waals surface area contributed by atoms with Crippen LogP contribution in [0.4, 0.5) is 13.2 Å². The first-order valence-corrected chi connectivity index (χ1v) is 10.7. The average Bonchev–Trinajstić information content (AvgIpc) is 3.14. The average molecular weight is 462 g/mol. The second kappa shape index (κ2) is 9.44. The molecular formula is C27H21F3N2O2. The van der Waals surface area contributed by atoms with Crippen LogP contribution < -0.4 is 5.32 Å². The lowest BCUT2D eigenvalue weighted by molar-refractivity contribution is -0.137. The van der Waals surface area contributed by atoms with Crippen molar-refractivity contribution in [2.75, 3.05) is 6.54 Å². The predicted molar refractivity (Wildman–Crippen MR) is 123 cm³/mol. The number of fused-ring (bicyclic) bond motifs is 1. The summed E-state index contributed by atoms with van der Waals surface area (Å²) in [6.45, 7) is 2.16. The number of para-hydroxylation sites is 1. The van der Waals surface area contributed by atoms with Crippen LogP contribution in [-0.2, 0) is 12.6 Å². The Hall–Kier alpha value is -4.05. The molecule has 1 amide bonds. The predicted octanol–water partition coefficient (Wildman–Crippen LogP) is 6.66. The molecule has 0 atom stereocenters. The maximum atomic E-state index is 13.1. The third-order valence-corrected chi connectivity index (χ3v) is 5.64. The summed E-state index contributed by atoms with van der Waals surface area (Å²) in [5.74, 6) is 0.317. The molecule has 0 aliphatic carbocycles. The molecule has 4 nitrogen and oxygen atoms in total. The molecule has 0 fully saturated rings. The maximum absolute atomic E-state index is 13.1. The molecule has 4 aromatic rings. The highest BCUT2D eigenvalue weighted by molar-refractivity contribution is 5.98. The maximum Gasteiger partial charge on any atom is 0.416 e. The van der Waals surface area contributed by atoms with Gasteiger partial charge in [0.1, 0.15) is 11.3 Å². The lowest BCUT2D eigenvalue weighted by Crippen LogP contribution is -2.24. The summed E-state index contributed by atoms with van der Waals surface area (Å²) in [4.78, 5) is 12.4. The van der Waals surface area contributed by atoms with Crippen LogP contribution in [0, 0.1) is 18.3 Å². The van der Waals surface area contributed by atoms with E-state index < -0.39 is 11.7 Å². The molecule has 3 aromatic carbocycles. The Morgan fingerprint density at radius 2 is 1.82 bits per heavy atom. The molecule has 0 unspecified atom stereocenters. The van der Waals surface area contributed by atoms with Gasteiger partial charge in [-0.05, 0) is 41.8 Å². The number of halogens is 3. The quantitative estimate of drug-likeness (QED) is 0.326. The monoisotopic (exact) mass is 462 g/mol. The highest BCUT2D eigenvalue weighted by atomic mass is 19.4. The van der Waals surface area contributed by atoms with Crippen molar-refractivity contribution >= 4 is 16.9 Å². The van der Waals surface area contributed by atoms with E-state index in [9.17, 15) is 18.0 Å². The third-order valence-electron chi connectivity index (χ3n) is 5.64. The van der Waals surface area contributed by atoms with Crippen LogP contribution in [0.1, 0.15) is 39.2 Å². The van der Waals surface area contributed by atoms with Gasteiger partial charge in [0, 0.05) is 29.5 Å². The second-order valence-corrected chi connectivity index (χ2v) is 7.95. The second-order valence-electron chi connectivity index (χ2n) is 7.95. The number of furan rings is 1. The van der Waals surface area contributed by atoms with Crippen molar-refractivity contribution in [1.29, 1.82) is 5.26 Å². The van der Waals surface area contributed by atoms with Gasteiger partial charge in [-0.15, -0.1) is 0 Å². The van der Waals surface area contributed by atoms with E-state index in [1.54, 1.807) is 24.3 Å². The summed E-state index contributed by atoms with van der Waals surface area (Å²) in [5, 5.41) is 12.2. The zero-order valence-electron chi connectivity index (χ0n) is 18.4. The van der Waals surface area contributed by atoms with E-state index in [2.05, 4.69) is 5.32 Å². The van der Waals surface area contributed by atoms with Crippen LogP contribution in [0.5, 0.6) is 0 Å². The smallest absolute Gasteiger partial charge is 0.416 e. The van der Waals surface area contributed by atoms with Crippen molar-refractivity contribution < 1.29 is 22.4 Å². The first-order chi connectivity index (χ1) is 16.3. The number of rotatable bonds is 6. The van der Waals surface area contributed by atoms with E-state index in [1.807, 2.05) is 37.3 Å². The van der Waals surface area contributed by atoms with E-state index in [1.165, 1.54) is 6.07 Å². The van der Waals surface area contributed by atoms with Crippen molar-refractivity contribution in [1.82, 2.24) is 5.32 Å². The van der Waals surface area contributed by atoms with Crippen molar-refractivity contribution in [2.24, 2.45) is 0 Å². The Morgan fingerprint density at radius 3 is 2.59 bits per heavy atom. The topological polar surface area (TPSA) is 66.0 Å². The molecule has 0 aliphatic rings. The number of nitriles is 1. The van der Waals surface area contributed by atoms with Gasteiger partial charge in [-0.1, -0.05) is 48.5 Å². The molecule has 0 aliphatic heterocycles. The Kier molecular flexibility index (Phi) is 6.42. The fourth-order valence-electron chi connectivity index (χ4n) is 3.89. The normalized spacial score (nSPS) is 11.4. The molecular weight excluding hydrogens is 441 g/mol. The zero-order chi connectivity index (χ0) is 24.3. The SMILES string of the molecule is Cc1c(Cc2cccc(C(F)(F)F)c2)oc2c(-c3cccc(C(=O)NCCC#N)c3)cccc12. The largest absolute Gasteiger partial charge is 0.460 e. The van der Waals surface area contributed by atoms with Crippen molar-refractivity contribution in [3.05, 3.63) is 94.7 Å². The molecule has 172 valence electrons. The molecule has 4 rings (SSSR count). The standard InChI is InChI=1S/C27H21F3N2O2/c1-17-22-10-4-11-23(19-7-3-8-20(16-19)26(33)32-13-5-12-31)25(22)34-24(17)15-18-6-2-9-21(14-18)27(28,29)30/h2-4,6-11,14,16H,5,13,15H2,1H3,(H,32,33). The number of benzene rings is 3. The first-order valence-electron chi connectivity index (χ1n) is 10.7. The van der Waals surface area contributed by atoms with Crippen LogP contribution in [-0.4, -0.2) is 12.5 Å². The molecule has 0 bridgehead atoms. The Morgan fingerprint density at radius 1 is 1.06 bits per heavy atom. The molecule has 7 heteroatoms. The minimum atomic E-state index is -4.40. The van der Waals surface area contributed by atoms with E-state index in [4.69, 9.17) is 9.68 Å². The van der Waals surface area contributed by atoms with Gasteiger partial charge < -0.3 is 9.73 Å². The van der Waals surface area contributed by atoms with Crippen molar-refractivity contribution in [2.45, 2.75) is 25.9 Å². The van der Waals surface area contributed by atoms with Gasteiger partial charge in [0.25, 0.3) is 5.91 Å². The molecule has 0 saturated heterocycles. The lowest BCUT2D eigenvalue weighted by atomic mass is 9.99. The Balaban J connectivity index is 1.68.